The van der Waals surface area contributed by atoms with E-state index < -0.39 is 33.8 Å². The maximum atomic E-state index is 12.6. The van der Waals surface area contributed by atoms with Crippen molar-refractivity contribution in [2.45, 2.75) is 17.4 Å². The highest BCUT2D eigenvalue weighted by Crippen LogP contribution is 2.26. The van der Waals surface area contributed by atoms with Gasteiger partial charge in [-0.2, -0.15) is 4.31 Å². The van der Waals surface area contributed by atoms with Crippen LogP contribution >= 0.6 is 0 Å². The molecular weight excluding hydrogens is 354 g/mol. The van der Waals surface area contributed by atoms with Crippen molar-refractivity contribution in [2.75, 3.05) is 32.9 Å². The summed E-state index contributed by atoms with van der Waals surface area (Å²) in [5.41, 5.74) is -0.325. The lowest BCUT2D eigenvalue weighted by Crippen LogP contribution is -2.40. The van der Waals surface area contributed by atoms with Crippen molar-refractivity contribution in [2.24, 2.45) is 0 Å². The van der Waals surface area contributed by atoms with Crippen molar-refractivity contribution in [3.05, 3.63) is 23.8 Å². The van der Waals surface area contributed by atoms with E-state index in [4.69, 9.17) is 14.2 Å². The van der Waals surface area contributed by atoms with Crippen LogP contribution in [-0.2, 0) is 29.0 Å². The summed E-state index contributed by atoms with van der Waals surface area (Å²) >= 11 is 0. The number of esters is 2. The molecule has 0 aliphatic carbocycles. The molecule has 10 heteroatoms. The number of nitrogens with zero attached hydrogens (tertiary/aromatic N) is 1. The number of cyclic esters (lactones) is 1. The minimum Gasteiger partial charge on any atom is -0.507 e. The Labute approximate surface area is 144 Å². The minimum atomic E-state index is -3.83. The lowest BCUT2D eigenvalue weighted by atomic mass is 10.2. The van der Waals surface area contributed by atoms with Crippen LogP contribution in [0.2, 0.25) is 0 Å². The Morgan fingerprint density at radius 1 is 1.24 bits per heavy atom. The van der Waals surface area contributed by atoms with E-state index in [0.717, 1.165) is 12.1 Å². The molecule has 25 heavy (non-hydrogen) atoms. The molecule has 0 radical (unpaired) electrons. The molecule has 1 atom stereocenters. The van der Waals surface area contributed by atoms with E-state index in [9.17, 15) is 23.1 Å². The molecule has 2 aliphatic heterocycles. The number of carbonyl (C=O) groups excluding carboxylic acids is 2. The van der Waals surface area contributed by atoms with E-state index in [1.54, 1.807) is 0 Å². The maximum Gasteiger partial charge on any atom is 0.347 e. The van der Waals surface area contributed by atoms with Gasteiger partial charge in [0, 0.05) is 19.5 Å². The molecule has 9 nitrogen and oxygen atoms in total. The number of rotatable bonds is 4. The largest absolute Gasteiger partial charge is 0.507 e. The molecule has 1 aromatic carbocycles. The Balaban J connectivity index is 1.84. The van der Waals surface area contributed by atoms with E-state index in [0.29, 0.717) is 0 Å². The zero-order chi connectivity index (χ0) is 18.0. The fourth-order valence-electron chi connectivity index (χ4n) is 2.55. The van der Waals surface area contributed by atoms with Crippen molar-refractivity contribution >= 4 is 22.0 Å². The van der Waals surface area contributed by atoms with Gasteiger partial charge in [0.15, 0.2) is 0 Å². The number of morpholine rings is 1. The van der Waals surface area contributed by atoms with Crippen molar-refractivity contribution in [1.82, 2.24) is 4.31 Å². The highest BCUT2D eigenvalue weighted by molar-refractivity contribution is 7.89. The van der Waals surface area contributed by atoms with Gasteiger partial charge in [-0.15, -0.1) is 0 Å². The molecule has 2 aliphatic rings. The summed E-state index contributed by atoms with van der Waals surface area (Å²) in [6.45, 7) is 1.13. The number of hydrogen-bond donors (Lipinski definition) is 1. The second kappa shape index (κ2) is 6.98. The third-order valence-corrected chi connectivity index (χ3v) is 5.83. The first-order valence-electron chi connectivity index (χ1n) is 7.68. The quantitative estimate of drug-likeness (QED) is 0.728. The van der Waals surface area contributed by atoms with Crippen LogP contribution in [0.3, 0.4) is 0 Å². The van der Waals surface area contributed by atoms with Gasteiger partial charge in [-0.1, -0.05) is 0 Å². The summed E-state index contributed by atoms with van der Waals surface area (Å²) in [5, 5.41) is 9.88. The zero-order valence-electron chi connectivity index (χ0n) is 13.2. The van der Waals surface area contributed by atoms with Gasteiger partial charge >= 0.3 is 11.9 Å². The summed E-state index contributed by atoms with van der Waals surface area (Å²) in [5.74, 6) is -2.08. The van der Waals surface area contributed by atoms with E-state index in [1.165, 1.54) is 10.4 Å². The van der Waals surface area contributed by atoms with E-state index in [-0.39, 0.29) is 49.8 Å². The highest BCUT2D eigenvalue weighted by Gasteiger charge is 2.32. The predicted molar refractivity (Wildman–Crippen MR) is 82.5 cm³/mol. The lowest BCUT2D eigenvalue weighted by Gasteiger charge is -2.26. The first-order chi connectivity index (χ1) is 11.9. The van der Waals surface area contributed by atoms with Crippen LogP contribution < -0.4 is 0 Å². The average Bonchev–Trinajstić information content (AvgIpc) is 3.00. The Morgan fingerprint density at radius 2 is 1.96 bits per heavy atom. The third kappa shape index (κ3) is 3.60. The van der Waals surface area contributed by atoms with Crippen LogP contribution in [-0.4, -0.2) is 68.8 Å². The molecule has 0 saturated carbocycles. The number of ether oxygens (including phenoxy) is 3. The summed E-state index contributed by atoms with van der Waals surface area (Å²) in [7, 11) is -3.83. The van der Waals surface area contributed by atoms with Crippen molar-refractivity contribution < 1.29 is 37.3 Å². The Hall–Kier alpha value is -2.17. The molecule has 1 aromatic rings. The first kappa shape index (κ1) is 17.6. The standard InChI is InChI=1S/C15H17NO8S/c17-12-2-1-10(25(20,21)16-4-7-22-8-5-16)9-11(12)14(18)24-13-3-6-23-15(13)19/h1-2,9,13,17H,3-8H2. The van der Waals surface area contributed by atoms with Gasteiger partial charge < -0.3 is 19.3 Å². The minimum absolute atomic E-state index is 0.145. The monoisotopic (exact) mass is 371 g/mol. The first-order valence-corrected chi connectivity index (χ1v) is 9.12. The van der Waals surface area contributed by atoms with Crippen molar-refractivity contribution in [3.8, 4) is 5.75 Å². The van der Waals surface area contributed by atoms with Gasteiger partial charge in [-0.25, -0.2) is 18.0 Å². The van der Waals surface area contributed by atoms with Crippen molar-refractivity contribution in [1.29, 1.82) is 0 Å². The predicted octanol–water partition coefficient (Wildman–Crippen LogP) is -0.115. The molecule has 3 rings (SSSR count). The van der Waals surface area contributed by atoms with E-state index in [1.807, 2.05) is 0 Å². The van der Waals surface area contributed by atoms with Crippen LogP contribution in [0.4, 0.5) is 0 Å². The Kier molecular flexibility index (Phi) is 4.93. The number of phenolic OH excluding ortho intramolecular Hbond substituents is 1. The molecule has 2 saturated heterocycles. The smallest absolute Gasteiger partial charge is 0.347 e. The zero-order valence-corrected chi connectivity index (χ0v) is 14.0. The Bertz CT molecular complexity index is 785. The molecule has 0 aromatic heterocycles. The molecule has 0 spiro atoms. The molecule has 0 amide bonds. The second-order valence-electron chi connectivity index (χ2n) is 5.55. The van der Waals surface area contributed by atoms with Crippen LogP contribution in [0.5, 0.6) is 5.75 Å². The van der Waals surface area contributed by atoms with Gasteiger partial charge in [-0.05, 0) is 18.2 Å². The number of aromatic hydroxyl groups is 1. The molecule has 136 valence electrons. The number of sulfonamides is 1. The van der Waals surface area contributed by atoms with Gasteiger partial charge in [0.05, 0.1) is 24.7 Å². The maximum absolute atomic E-state index is 12.6. The fourth-order valence-corrected chi connectivity index (χ4v) is 3.99. The number of phenols is 1. The second-order valence-corrected chi connectivity index (χ2v) is 7.48. The molecule has 2 heterocycles. The molecular formula is C15H17NO8S. The summed E-state index contributed by atoms with van der Waals surface area (Å²) < 4.78 is 41.3. The molecule has 0 bridgehead atoms. The summed E-state index contributed by atoms with van der Waals surface area (Å²) in [6, 6.07) is 3.36. The average molecular weight is 371 g/mol. The molecule has 1 unspecified atom stereocenters. The number of carbonyl (C=O) groups is 2. The van der Waals surface area contributed by atoms with E-state index in [2.05, 4.69) is 0 Å². The Morgan fingerprint density at radius 3 is 2.60 bits per heavy atom. The van der Waals surface area contributed by atoms with Gasteiger partial charge in [0.2, 0.25) is 16.1 Å². The number of hydrogen-bond acceptors (Lipinski definition) is 8. The van der Waals surface area contributed by atoms with Crippen LogP contribution in [0.25, 0.3) is 0 Å². The topological polar surface area (TPSA) is 119 Å². The fraction of sp³-hybridized carbons (Fsp3) is 0.467. The van der Waals surface area contributed by atoms with Gasteiger partial charge in [0.25, 0.3) is 0 Å². The highest BCUT2D eigenvalue weighted by atomic mass is 32.2. The number of benzene rings is 1. The third-order valence-electron chi connectivity index (χ3n) is 3.93. The van der Waals surface area contributed by atoms with Crippen molar-refractivity contribution in [3.63, 3.8) is 0 Å². The molecule has 1 N–H and O–H groups in total. The molecule has 2 fully saturated rings. The van der Waals surface area contributed by atoms with Crippen LogP contribution in [0, 0.1) is 0 Å². The van der Waals surface area contributed by atoms with Crippen LogP contribution in [0.1, 0.15) is 16.8 Å². The van der Waals surface area contributed by atoms with Gasteiger partial charge in [0.1, 0.15) is 11.3 Å². The summed E-state index contributed by atoms with van der Waals surface area (Å²) in [4.78, 5) is 23.4. The normalized spacial score (nSPS) is 21.8. The SMILES string of the molecule is O=C(OC1CCOC1=O)c1cc(S(=O)(=O)N2CCOCC2)ccc1O. The lowest BCUT2D eigenvalue weighted by molar-refractivity contribution is -0.145. The van der Waals surface area contributed by atoms with E-state index >= 15 is 0 Å². The van der Waals surface area contributed by atoms with Crippen LogP contribution in [0.15, 0.2) is 23.1 Å². The summed E-state index contributed by atoms with van der Waals surface area (Å²) in [6.07, 6.45) is -0.830. The van der Waals surface area contributed by atoms with Gasteiger partial charge in [-0.3, -0.25) is 0 Å².